The first-order chi connectivity index (χ1) is 4.71. The number of rotatable bonds is 2. The molecule has 0 radical (unpaired) electrons. The summed E-state index contributed by atoms with van der Waals surface area (Å²) in [5.41, 5.74) is -0.733. The van der Waals surface area contributed by atoms with Crippen LogP contribution >= 0.6 is 12.8 Å². The SMILES string of the molecule is O=C(O)C1(NS)CCCC1. The first kappa shape index (κ1) is 7.88. The van der Waals surface area contributed by atoms with Crippen molar-refractivity contribution in [2.45, 2.75) is 31.2 Å². The van der Waals surface area contributed by atoms with Crippen molar-refractivity contribution < 1.29 is 9.90 Å². The molecule has 1 saturated carbocycles. The summed E-state index contributed by atoms with van der Waals surface area (Å²) < 4.78 is 2.57. The lowest BCUT2D eigenvalue weighted by Gasteiger charge is -2.21. The van der Waals surface area contributed by atoms with Crippen LogP contribution in [0.4, 0.5) is 0 Å². The average molecular weight is 161 g/mol. The van der Waals surface area contributed by atoms with Gasteiger partial charge in [-0.15, -0.1) is 0 Å². The molecule has 0 saturated heterocycles. The van der Waals surface area contributed by atoms with Crippen molar-refractivity contribution in [2.24, 2.45) is 0 Å². The molecule has 2 N–H and O–H groups in total. The summed E-state index contributed by atoms with van der Waals surface area (Å²) in [5, 5.41) is 8.75. The van der Waals surface area contributed by atoms with E-state index in [2.05, 4.69) is 17.5 Å². The fourth-order valence-electron chi connectivity index (χ4n) is 1.35. The van der Waals surface area contributed by atoms with E-state index in [9.17, 15) is 4.79 Å². The zero-order chi connectivity index (χ0) is 7.61. The number of carboxylic acids is 1. The molecule has 0 bridgehead atoms. The minimum atomic E-state index is -0.778. The highest BCUT2D eigenvalue weighted by molar-refractivity contribution is 7.78. The van der Waals surface area contributed by atoms with Crippen LogP contribution in [-0.2, 0) is 4.79 Å². The van der Waals surface area contributed by atoms with E-state index >= 15 is 0 Å². The smallest absolute Gasteiger partial charge is 0.324 e. The first-order valence-electron chi connectivity index (χ1n) is 3.36. The number of aliphatic carboxylic acids is 1. The van der Waals surface area contributed by atoms with E-state index in [1.165, 1.54) is 0 Å². The molecule has 0 amide bonds. The quantitative estimate of drug-likeness (QED) is 0.525. The third-order valence-corrected chi connectivity index (χ3v) is 2.51. The Balaban J connectivity index is 2.67. The summed E-state index contributed by atoms with van der Waals surface area (Å²) in [6.45, 7) is 0. The Morgan fingerprint density at radius 3 is 2.20 bits per heavy atom. The Labute approximate surface area is 65.4 Å². The van der Waals surface area contributed by atoms with Crippen LogP contribution in [-0.4, -0.2) is 16.6 Å². The van der Waals surface area contributed by atoms with Gasteiger partial charge in [0, 0.05) is 0 Å². The molecule has 0 aliphatic heterocycles. The predicted octanol–water partition coefficient (Wildman–Crippen LogP) is 0.818. The van der Waals surface area contributed by atoms with Crippen molar-refractivity contribution in [1.82, 2.24) is 4.72 Å². The van der Waals surface area contributed by atoms with Crippen LogP contribution < -0.4 is 4.72 Å². The first-order valence-corrected chi connectivity index (χ1v) is 3.81. The molecule has 0 spiro atoms. The molecule has 4 heteroatoms. The number of hydrogen-bond acceptors (Lipinski definition) is 3. The molecular weight excluding hydrogens is 150 g/mol. The lowest BCUT2D eigenvalue weighted by atomic mass is 10.0. The maximum absolute atomic E-state index is 10.6. The van der Waals surface area contributed by atoms with Crippen LogP contribution in [0.15, 0.2) is 0 Å². The minimum Gasteiger partial charge on any atom is -0.480 e. The zero-order valence-electron chi connectivity index (χ0n) is 5.63. The van der Waals surface area contributed by atoms with Gasteiger partial charge < -0.3 is 5.11 Å². The maximum atomic E-state index is 10.6. The highest BCUT2D eigenvalue weighted by Gasteiger charge is 2.39. The third-order valence-electron chi connectivity index (χ3n) is 2.08. The molecule has 1 rings (SSSR count). The van der Waals surface area contributed by atoms with Gasteiger partial charge in [0.15, 0.2) is 0 Å². The summed E-state index contributed by atoms with van der Waals surface area (Å²) in [7, 11) is 0. The zero-order valence-corrected chi connectivity index (χ0v) is 6.53. The number of carbonyl (C=O) groups is 1. The standard InChI is InChI=1S/C6H11NO2S/c8-5(9)6(7-10)3-1-2-4-6/h7,10H,1-4H2,(H,8,9). The van der Waals surface area contributed by atoms with Crippen LogP contribution in [0, 0.1) is 0 Å². The molecule has 1 aliphatic carbocycles. The number of nitrogens with one attached hydrogen (secondary N) is 1. The van der Waals surface area contributed by atoms with Crippen molar-refractivity contribution in [3.8, 4) is 0 Å². The molecule has 3 nitrogen and oxygen atoms in total. The molecule has 0 atom stereocenters. The van der Waals surface area contributed by atoms with Crippen LogP contribution in [0.25, 0.3) is 0 Å². The Kier molecular flexibility index (Phi) is 2.21. The Hall–Kier alpha value is -0.220. The van der Waals surface area contributed by atoms with Gasteiger partial charge in [-0.1, -0.05) is 25.7 Å². The molecule has 0 aromatic rings. The van der Waals surface area contributed by atoms with Crippen molar-refractivity contribution in [3.05, 3.63) is 0 Å². The van der Waals surface area contributed by atoms with Crippen LogP contribution in [0.5, 0.6) is 0 Å². The van der Waals surface area contributed by atoms with Crippen molar-refractivity contribution >= 4 is 18.8 Å². The fourth-order valence-corrected chi connectivity index (χ4v) is 1.67. The molecule has 58 valence electrons. The van der Waals surface area contributed by atoms with E-state index in [1.54, 1.807) is 0 Å². The molecule has 0 heterocycles. The van der Waals surface area contributed by atoms with E-state index in [0.717, 1.165) is 12.8 Å². The molecule has 0 aromatic carbocycles. The van der Waals surface area contributed by atoms with Crippen molar-refractivity contribution in [1.29, 1.82) is 0 Å². The van der Waals surface area contributed by atoms with Crippen LogP contribution in [0.1, 0.15) is 25.7 Å². The molecule has 0 aromatic heterocycles. The van der Waals surface area contributed by atoms with E-state index in [-0.39, 0.29) is 0 Å². The highest BCUT2D eigenvalue weighted by atomic mass is 32.1. The van der Waals surface area contributed by atoms with Crippen molar-refractivity contribution in [3.63, 3.8) is 0 Å². The molecule has 0 unspecified atom stereocenters. The van der Waals surface area contributed by atoms with Crippen LogP contribution in [0.3, 0.4) is 0 Å². The van der Waals surface area contributed by atoms with Gasteiger partial charge in [0.25, 0.3) is 0 Å². The largest absolute Gasteiger partial charge is 0.480 e. The van der Waals surface area contributed by atoms with E-state index in [0.29, 0.717) is 12.8 Å². The van der Waals surface area contributed by atoms with Gasteiger partial charge in [0.05, 0.1) is 0 Å². The van der Waals surface area contributed by atoms with E-state index in [1.807, 2.05) is 0 Å². The fraction of sp³-hybridized carbons (Fsp3) is 0.833. The summed E-state index contributed by atoms with van der Waals surface area (Å²) in [4.78, 5) is 10.6. The second-order valence-corrected chi connectivity index (χ2v) is 2.93. The Morgan fingerprint density at radius 2 is 2.00 bits per heavy atom. The van der Waals surface area contributed by atoms with Gasteiger partial charge in [-0.3, -0.25) is 4.79 Å². The lowest BCUT2D eigenvalue weighted by Crippen LogP contribution is -2.45. The highest BCUT2D eigenvalue weighted by Crippen LogP contribution is 2.29. The monoisotopic (exact) mass is 161 g/mol. The molecule has 10 heavy (non-hydrogen) atoms. The predicted molar refractivity (Wildman–Crippen MR) is 41.0 cm³/mol. The van der Waals surface area contributed by atoms with Crippen LogP contribution in [0.2, 0.25) is 0 Å². The molecule has 1 fully saturated rings. The maximum Gasteiger partial charge on any atom is 0.324 e. The second kappa shape index (κ2) is 2.80. The lowest BCUT2D eigenvalue weighted by molar-refractivity contribution is -0.143. The Bertz CT molecular complexity index is 143. The number of carboxylic acid groups (broad SMARTS) is 1. The topological polar surface area (TPSA) is 49.3 Å². The van der Waals surface area contributed by atoms with Crippen molar-refractivity contribution in [2.75, 3.05) is 0 Å². The van der Waals surface area contributed by atoms with E-state index in [4.69, 9.17) is 5.11 Å². The summed E-state index contributed by atoms with van der Waals surface area (Å²) >= 11 is 3.81. The minimum absolute atomic E-state index is 0.700. The van der Waals surface area contributed by atoms with Gasteiger partial charge in [-0.25, -0.2) is 4.72 Å². The summed E-state index contributed by atoms with van der Waals surface area (Å²) in [6.07, 6.45) is 3.37. The second-order valence-electron chi connectivity index (χ2n) is 2.71. The molecular formula is C6H11NO2S. The van der Waals surface area contributed by atoms with Gasteiger partial charge in [0.1, 0.15) is 5.54 Å². The van der Waals surface area contributed by atoms with E-state index < -0.39 is 11.5 Å². The summed E-state index contributed by atoms with van der Waals surface area (Å²) in [6, 6.07) is 0. The molecule has 1 aliphatic rings. The average Bonchev–Trinajstić information content (AvgIpc) is 2.35. The van der Waals surface area contributed by atoms with Gasteiger partial charge in [-0.05, 0) is 12.8 Å². The Morgan fingerprint density at radius 1 is 1.50 bits per heavy atom. The third kappa shape index (κ3) is 1.13. The summed E-state index contributed by atoms with van der Waals surface area (Å²) in [5.74, 6) is -0.778. The van der Waals surface area contributed by atoms with Gasteiger partial charge in [0.2, 0.25) is 0 Å². The number of hydrogen-bond donors (Lipinski definition) is 3. The normalized spacial score (nSPS) is 22.9. The van der Waals surface area contributed by atoms with Gasteiger partial charge >= 0.3 is 5.97 Å². The number of thiol groups is 1. The van der Waals surface area contributed by atoms with Gasteiger partial charge in [-0.2, -0.15) is 0 Å².